The third-order valence-electron chi connectivity index (χ3n) is 10.7. The van der Waals surface area contributed by atoms with E-state index < -0.39 is 0 Å². The maximum absolute atomic E-state index is 14.0. The Kier molecular flexibility index (Phi) is 13.6. The highest BCUT2D eigenvalue weighted by Crippen LogP contribution is 2.39. The van der Waals surface area contributed by atoms with Crippen LogP contribution in [0.1, 0.15) is 99.9 Å². The van der Waals surface area contributed by atoms with Crippen molar-refractivity contribution in [1.82, 2.24) is 9.88 Å². The predicted octanol–water partition coefficient (Wildman–Crippen LogP) is 8.05. The lowest BCUT2D eigenvalue weighted by atomic mass is 9.95. The number of esters is 2. The molecule has 2 aliphatic rings. The van der Waals surface area contributed by atoms with Gasteiger partial charge in [0.25, 0.3) is 11.8 Å². The summed E-state index contributed by atoms with van der Waals surface area (Å²) < 4.78 is 10.2. The summed E-state index contributed by atoms with van der Waals surface area (Å²) in [6, 6.07) is 27.9. The van der Waals surface area contributed by atoms with Crippen molar-refractivity contribution in [3.63, 3.8) is 0 Å². The van der Waals surface area contributed by atoms with Gasteiger partial charge in [-0.2, -0.15) is 0 Å². The molecule has 0 spiro atoms. The molecule has 0 bridgehead atoms. The van der Waals surface area contributed by atoms with E-state index in [1.54, 1.807) is 24.4 Å². The molecule has 3 aromatic carbocycles. The minimum Gasteiger partial charge on any atom is -0.465 e. The van der Waals surface area contributed by atoms with Crippen LogP contribution in [0.25, 0.3) is 0 Å². The molecule has 58 heavy (non-hydrogen) atoms. The zero-order valence-corrected chi connectivity index (χ0v) is 35.4. The fourth-order valence-electron chi connectivity index (χ4n) is 7.32. The Bertz CT molecular complexity index is 2250. The van der Waals surface area contributed by atoms with Crippen molar-refractivity contribution in [2.45, 2.75) is 83.1 Å². The van der Waals surface area contributed by atoms with Crippen molar-refractivity contribution in [2.24, 2.45) is 0 Å². The lowest BCUT2D eigenvalue weighted by Crippen LogP contribution is -2.26. The number of pyridine rings is 1. The van der Waals surface area contributed by atoms with Crippen LogP contribution in [0.2, 0.25) is 12.6 Å². The summed E-state index contributed by atoms with van der Waals surface area (Å²) in [5.41, 5.74) is 7.90. The Hall–Kier alpha value is -5.43. The summed E-state index contributed by atoms with van der Waals surface area (Å²) in [6.07, 6.45) is 9.23. The number of nitrogens with zero attached hydrogens (tertiary/aromatic N) is 2. The minimum atomic E-state index is -0.350. The second-order valence-electron chi connectivity index (χ2n) is 15.1. The lowest BCUT2D eigenvalue weighted by Gasteiger charge is -2.22. The number of amides is 2. The molecule has 1 fully saturated rings. The SMILES string of the molecule is COC(=O)c1ccc(CCc2ccc(NC(=O)c3c(NC(=O)c4cccc(CN(Cc5cc(C(=O)OCC[SiH2]C)ccn5)C5CC5)c4)sc4c3CCCC4)cc2)cc1. The van der Waals surface area contributed by atoms with Crippen molar-refractivity contribution in [2.75, 3.05) is 24.4 Å². The summed E-state index contributed by atoms with van der Waals surface area (Å²) in [4.78, 5) is 60.3. The van der Waals surface area contributed by atoms with Crippen LogP contribution < -0.4 is 10.6 Å². The molecule has 0 radical (unpaired) electrons. The Morgan fingerprint density at radius 2 is 1.53 bits per heavy atom. The molecule has 2 amide bonds. The zero-order valence-electron chi connectivity index (χ0n) is 33.2. The first-order valence-corrected chi connectivity index (χ1v) is 23.5. The van der Waals surface area contributed by atoms with Gasteiger partial charge in [0.15, 0.2) is 0 Å². The van der Waals surface area contributed by atoms with Gasteiger partial charge in [0.1, 0.15) is 5.00 Å². The molecule has 5 aromatic rings. The number of benzene rings is 3. The third-order valence-corrected chi connectivity index (χ3v) is 12.9. The number of carbonyl (C=O) groups is 4. The van der Waals surface area contributed by atoms with Gasteiger partial charge in [-0.05, 0) is 128 Å². The number of aromatic nitrogens is 1. The van der Waals surface area contributed by atoms with Crippen molar-refractivity contribution < 1.29 is 28.7 Å². The average molecular weight is 815 g/mol. The molecule has 2 aromatic heterocycles. The number of nitrogens with one attached hydrogen (secondary N) is 2. The normalized spacial score (nSPS) is 13.6. The fraction of sp³-hybridized carbons (Fsp3) is 0.326. The largest absolute Gasteiger partial charge is 0.465 e. The Morgan fingerprint density at radius 1 is 0.793 bits per heavy atom. The number of fused-ring (bicyclic) bond motifs is 1. The van der Waals surface area contributed by atoms with E-state index in [2.05, 4.69) is 27.1 Å². The second kappa shape index (κ2) is 19.3. The van der Waals surface area contributed by atoms with Gasteiger partial charge in [-0.25, -0.2) is 9.59 Å². The molecule has 2 N–H and O–H groups in total. The number of hydrogen-bond donors (Lipinski definition) is 2. The van der Waals surface area contributed by atoms with Crippen LogP contribution in [-0.2, 0) is 48.2 Å². The van der Waals surface area contributed by atoms with Crippen molar-refractivity contribution in [3.8, 4) is 0 Å². The Balaban J connectivity index is 0.995. The van der Waals surface area contributed by atoms with E-state index in [0.29, 0.717) is 58.7 Å². The van der Waals surface area contributed by atoms with E-state index in [-0.39, 0.29) is 33.3 Å². The summed E-state index contributed by atoms with van der Waals surface area (Å²) in [5.74, 6) is -1.14. The molecule has 12 heteroatoms. The highest BCUT2D eigenvalue weighted by atomic mass is 32.1. The van der Waals surface area contributed by atoms with Crippen LogP contribution in [0, 0.1) is 0 Å². The van der Waals surface area contributed by atoms with Gasteiger partial charge in [-0.15, -0.1) is 11.3 Å². The van der Waals surface area contributed by atoms with Crippen molar-refractivity contribution >= 4 is 55.3 Å². The summed E-state index contributed by atoms with van der Waals surface area (Å²) in [5, 5.41) is 6.80. The number of methoxy groups -OCH3 is 1. The number of anilines is 2. The minimum absolute atomic E-state index is 0.158. The number of carbonyl (C=O) groups excluding carboxylic acids is 4. The molecule has 1 saturated carbocycles. The number of thiophene rings is 1. The summed E-state index contributed by atoms with van der Waals surface area (Å²) >= 11 is 1.51. The van der Waals surface area contributed by atoms with Crippen LogP contribution in [-0.4, -0.2) is 62.9 Å². The number of hydrogen-bond acceptors (Lipinski definition) is 9. The molecule has 7 rings (SSSR count). The molecule has 0 saturated heterocycles. The van der Waals surface area contributed by atoms with Gasteiger partial charge >= 0.3 is 11.9 Å². The van der Waals surface area contributed by atoms with Gasteiger partial charge in [0.05, 0.1) is 36.1 Å². The predicted molar refractivity (Wildman–Crippen MR) is 231 cm³/mol. The molecule has 2 aliphatic carbocycles. The van der Waals surface area contributed by atoms with E-state index in [1.807, 2.05) is 66.7 Å². The quantitative estimate of drug-likeness (QED) is 0.0549. The fourth-order valence-corrected chi connectivity index (χ4v) is 9.04. The monoisotopic (exact) mass is 814 g/mol. The standard InChI is InChI=1S/C46H50N4O6SSi/c1-55-45(53)33-16-12-30(13-17-33)10-11-31-14-18-36(19-15-31)48-43(52)41-39-8-3-4-9-40(39)57-44(41)49-42(51)34-7-5-6-32(26-34)28-50(38-20-21-38)29-37-27-35(22-23-47-37)46(54)56-24-25-58-2/h5-7,12-19,22-23,26-27,38H,3-4,8-11,20-21,24-25,28-29,58H2,1-2H3,(H,48,52)(H,49,51). The highest BCUT2D eigenvalue weighted by Gasteiger charge is 2.30. The maximum Gasteiger partial charge on any atom is 0.338 e. The number of rotatable bonds is 17. The number of ether oxygens (including phenoxy) is 2. The van der Waals surface area contributed by atoms with E-state index in [9.17, 15) is 19.2 Å². The van der Waals surface area contributed by atoms with Crippen LogP contribution in [0.4, 0.5) is 10.7 Å². The van der Waals surface area contributed by atoms with E-state index in [4.69, 9.17) is 9.47 Å². The van der Waals surface area contributed by atoms with Gasteiger partial charge in [-0.3, -0.25) is 19.5 Å². The zero-order chi connectivity index (χ0) is 40.4. The van der Waals surface area contributed by atoms with E-state index >= 15 is 0 Å². The van der Waals surface area contributed by atoms with E-state index in [1.165, 1.54) is 18.4 Å². The van der Waals surface area contributed by atoms with Crippen molar-refractivity contribution in [1.29, 1.82) is 0 Å². The number of aryl methyl sites for hydroxylation is 3. The third kappa shape index (κ3) is 10.5. The van der Waals surface area contributed by atoms with Gasteiger partial charge in [-0.1, -0.05) is 42.9 Å². The molecule has 2 heterocycles. The summed E-state index contributed by atoms with van der Waals surface area (Å²) in [7, 11) is 1.22. The molecule has 300 valence electrons. The van der Waals surface area contributed by atoms with E-state index in [0.717, 1.165) is 90.2 Å². The maximum atomic E-state index is 14.0. The molecule has 0 atom stereocenters. The lowest BCUT2D eigenvalue weighted by molar-refractivity contribution is 0.0524. The molecule has 0 unspecified atom stereocenters. The Labute approximate surface area is 346 Å². The van der Waals surface area contributed by atoms with Gasteiger partial charge in [0, 0.05) is 51.0 Å². The van der Waals surface area contributed by atoms with Crippen LogP contribution in [0.5, 0.6) is 0 Å². The summed E-state index contributed by atoms with van der Waals surface area (Å²) in [6.45, 7) is 3.88. The van der Waals surface area contributed by atoms with Crippen LogP contribution in [0.3, 0.4) is 0 Å². The Morgan fingerprint density at radius 3 is 2.26 bits per heavy atom. The van der Waals surface area contributed by atoms with Crippen molar-refractivity contribution in [3.05, 3.63) is 146 Å². The van der Waals surface area contributed by atoms with Crippen LogP contribution in [0.15, 0.2) is 91.1 Å². The molecule has 0 aliphatic heterocycles. The average Bonchev–Trinajstić information content (AvgIpc) is 4.04. The first-order chi connectivity index (χ1) is 28.3. The van der Waals surface area contributed by atoms with Gasteiger partial charge < -0.3 is 20.1 Å². The topological polar surface area (TPSA) is 127 Å². The first kappa shape index (κ1) is 40.8. The molecular formula is C46H50N4O6SSi. The highest BCUT2D eigenvalue weighted by molar-refractivity contribution is 7.17. The first-order valence-electron chi connectivity index (χ1n) is 20.3. The molecular weight excluding hydrogens is 765 g/mol. The van der Waals surface area contributed by atoms with Crippen LogP contribution >= 0.6 is 11.3 Å². The smallest absolute Gasteiger partial charge is 0.338 e. The van der Waals surface area contributed by atoms with Gasteiger partial charge in [0.2, 0.25) is 0 Å². The molecule has 10 nitrogen and oxygen atoms in total. The second-order valence-corrected chi connectivity index (χ2v) is 17.9.